The van der Waals surface area contributed by atoms with Gasteiger partial charge in [0.05, 0.1) is 11.4 Å². The molecule has 4 heteroatoms. The van der Waals surface area contributed by atoms with E-state index in [2.05, 4.69) is 5.32 Å². The molecule has 0 bridgehead atoms. The van der Waals surface area contributed by atoms with Crippen LogP contribution in [0.25, 0.3) is 0 Å². The minimum Gasteiger partial charge on any atom is -0.395 e. The number of benzene rings is 1. The maximum Gasteiger partial charge on any atom is 0.221 e. The quantitative estimate of drug-likeness (QED) is 0.622. The smallest absolute Gasteiger partial charge is 0.221 e. The van der Waals surface area contributed by atoms with Crippen molar-refractivity contribution in [1.82, 2.24) is 0 Å². The van der Waals surface area contributed by atoms with Gasteiger partial charge in [-0.2, -0.15) is 0 Å². The molecular formula is C8H9FN2O. The summed E-state index contributed by atoms with van der Waals surface area (Å²) in [7, 11) is 0. The Morgan fingerprint density at radius 1 is 1.58 bits per heavy atom. The van der Waals surface area contributed by atoms with Crippen LogP contribution < -0.4 is 11.1 Å². The van der Waals surface area contributed by atoms with Gasteiger partial charge in [0, 0.05) is 6.92 Å². The van der Waals surface area contributed by atoms with Gasteiger partial charge in [-0.25, -0.2) is 4.39 Å². The highest BCUT2D eigenvalue weighted by Crippen LogP contribution is 2.20. The van der Waals surface area contributed by atoms with Crippen molar-refractivity contribution in [1.29, 1.82) is 0 Å². The Morgan fingerprint density at radius 2 is 2.25 bits per heavy atom. The molecule has 0 saturated carbocycles. The van der Waals surface area contributed by atoms with Gasteiger partial charge in [-0.1, -0.05) is 6.07 Å². The van der Waals surface area contributed by atoms with Gasteiger partial charge in [0.15, 0.2) is 0 Å². The monoisotopic (exact) mass is 168 g/mol. The number of amides is 1. The highest BCUT2D eigenvalue weighted by Gasteiger charge is 2.04. The van der Waals surface area contributed by atoms with E-state index in [0.29, 0.717) is 5.69 Å². The van der Waals surface area contributed by atoms with Crippen molar-refractivity contribution in [3.8, 4) is 0 Å². The molecule has 0 heterocycles. The number of nitrogens with two attached hydrogens (primary N) is 1. The van der Waals surface area contributed by atoms with E-state index in [1.165, 1.54) is 19.1 Å². The van der Waals surface area contributed by atoms with Crippen molar-refractivity contribution >= 4 is 17.3 Å². The van der Waals surface area contributed by atoms with Crippen LogP contribution in [-0.4, -0.2) is 5.91 Å². The zero-order valence-corrected chi connectivity index (χ0v) is 6.60. The number of nitrogens with one attached hydrogen (secondary N) is 1. The molecule has 3 nitrogen and oxygen atoms in total. The lowest BCUT2D eigenvalue weighted by molar-refractivity contribution is -0.114. The Kier molecular flexibility index (Phi) is 2.28. The summed E-state index contributed by atoms with van der Waals surface area (Å²) in [5, 5.41) is 2.41. The predicted molar refractivity (Wildman–Crippen MR) is 45.1 cm³/mol. The molecule has 0 aliphatic heterocycles. The number of hydrogen-bond donors (Lipinski definition) is 2. The summed E-state index contributed by atoms with van der Waals surface area (Å²) < 4.78 is 12.8. The van der Waals surface area contributed by atoms with E-state index in [1.54, 1.807) is 6.07 Å². The molecule has 0 aromatic heterocycles. The second kappa shape index (κ2) is 3.21. The average Bonchev–Trinajstić information content (AvgIpc) is 1.98. The van der Waals surface area contributed by atoms with Crippen molar-refractivity contribution < 1.29 is 9.18 Å². The molecule has 0 fully saturated rings. The zero-order chi connectivity index (χ0) is 9.14. The van der Waals surface area contributed by atoms with Gasteiger partial charge < -0.3 is 11.1 Å². The molecule has 0 aliphatic carbocycles. The van der Waals surface area contributed by atoms with Crippen molar-refractivity contribution in [3.63, 3.8) is 0 Å². The second-order valence-corrected chi connectivity index (χ2v) is 2.38. The number of carbonyl (C=O) groups excluding carboxylic acids is 1. The number of para-hydroxylation sites is 1. The molecule has 1 aromatic rings. The van der Waals surface area contributed by atoms with Crippen LogP contribution >= 0.6 is 0 Å². The van der Waals surface area contributed by atoms with Crippen molar-refractivity contribution in [2.75, 3.05) is 11.1 Å². The zero-order valence-electron chi connectivity index (χ0n) is 6.60. The van der Waals surface area contributed by atoms with Gasteiger partial charge in [0.1, 0.15) is 5.82 Å². The first-order valence-corrected chi connectivity index (χ1v) is 3.43. The molecule has 3 N–H and O–H groups in total. The second-order valence-electron chi connectivity index (χ2n) is 2.38. The summed E-state index contributed by atoms with van der Waals surface area (Å²) in [6.45, 7) is 1.34. The standard InChI is InChI=1S/C8H9FN2O/c1-5(12)11-7-4-2-3-6(9)8(7)10/h2-4H,10H2,1H3,(H,11,12). The maximum absolute atomic E-state index is 12.8. The van der Waals surface area contributed by atoms with Gasteiger partial charge in [-0.05, 0) is 12.1 Å². The number of hydrogen-bond acceptors (Lipinski definition) is 2. The van der Waals surface area contributed by atoms with Crippen LogP contribution in [-0.2, 0) is 4.79 Å². The maximum atomic E-state index is 12.8. The molecule has 1 aromatic carbocycles. The molecule has 0 atom stereocenters. The minimum absolute atomic E-state index is 0.0345. The van der Waals surface area contributed by atoms with Crippen molar-refractivity contribution in [3.05, 3.63) is 24.0 Å². The summed E-state index contributed by atoms with van der Waals surface area (Å²) in [4.78, 5) is 10.6. The van der Waals surface area contributed by atoms with Gasteiger partial charge in [0.25, 0.3) is 0 Å². The van der Waals surface area contributed by atoms with Crippen LogP contribution in [0.2, 0.25) is 0 Å². The summed E-state index contributed by atoms with van der Waals surface area (Å²) in [5.41, 5.74) is 5.61. The van der Waals surface area contributed by atoms with E-state index in [9.17, 15) is 9.18 Å². The van der Waals surface area contributed by atoms with Crippen molar-refractivity contribution in [2.24, 2.45) is 0 Å². The normalized spacial score (nSPS) is 9.50. The predicted octanol–water partition coefficient (Wildman–Crippen LogP) is 1.37. The number of anilines is 2. The first-order valence-electron chi connectivity index (χ1n) is 3.43. The highest BCUT2D eigenvalue weighted by molar-refractivity contribution is 5.92. The van der Waals surface area contributed by atoms with E-state index in [1.807, 2.05) is 0 Å². The van der Waals surface area contributed by atoms with E-state index in [4.69, 9.17) is 5.73 Å². The van der Waals surface area contributed by atoms with E-state index in [-0.39, 0.29) is 11.6 Å². The van der Waals surface area contributed by atoms with Gasteiger partial charge in [0.2, 0.25) is 5.91 Å². The molecular weight excluding hydrogens is 159 g/mol. The Bertz CT molecular complexity index is 312. The number of nitrogen functional groups attached to an aromatic ring is 1. The molecule has 1 rings (SSSR count). The first-order chi connectivity index (χ1) is 5.61. The lowest BCUT2D eigenvalue weighted by Gasteiger charge is -2.05. The van der Waals surface area contributed by atoms with Crippen LogP contribution in [0.15, 0.2) is 18.2 Å². The van der Waals surface area contributed by atoms with Crippen LogP contribution in [0.3, 0.4) is 0 Å². The molecule has 0 aliphatic rings. The third kappa shape index (κ3) is 1.72. The Morgan fingerprint density at radius 3 is 2.83 bits per heavy atom. The lowest BCUT2D eigenvalue weighted by atomic mass is 10.2. The molecule has 64 valence electrons. The summed E-state index contributed by atoms with van der Waals surface area (Å²) >= 11 is 0. The summed E-state index contributed by atoms with van der Waals surface area (Å²) in [6, 6.07) is 4.26. The number of halogens is 1. The van der Waals surface area contributed by atoms with E-state index in [0.717, 1.165) is 0 Å². The van der Waals surface area contributed by atoms with Crippen LogP contribution in [0.4, 0.5) is 15.8 Å². The van der Waals surface area contributed by atoms with Gasteiger partial charge >= 0.3 is 0 Å². The van der Waals surface area contributed by atoms with E-state index >= 15 is 0 Å². The van der Waals surface area contributed by atoms with E-state index < -0.39 is 5.82 Å². The SMILES string of the molecule is CC(=O)Nc1cccc(F)c1N. The Balaban J connectivity index is 3.00. The van der Waals surface area contributed by atoms with Gasteiger partial charge in [-0.3, -0.25) is 4.79 Å². The minimum atomic E-state index is -0.527. The van der Waals surface area contributed by atoms with Crippen LogP contribution in [0, 0.1) is 5.82 Å². The van der Waals surface area contributed by atoms with Crippen LogP contribution in [0.1, 0.15) is 6.92 Å². The van der Waals surface area contributed by atoms with Crippen molar-refractivity contribution in [2.45, 2.75) is 6.92 Å². The third-order valence-electron chi connectivity index (χ3n) is 1.36. The molecule has 0 unspecified atom stereocenters. The van der Waals surface area contributed by atoms with Crippen LogP contribution in [0.5, 0.6) is 0 Å². The molecule has 0 spiro atoms. The Labute approximate surface area is 69.4 Å². The molecule has 0 radical (unpaired) electrons. The lowest BCUT2D eigenvalue weighted by Crippen LogP contribution is -2.08. The number of rotatable bonds is 1. The highest BCUT2D eigenvalue weighted by atomic mass is 19.1. The third-order valence-corrected chi connectivity index (χ3v) is 1.36. The van der Waals surface area contributed by atoms with Gasteiger partial charge in [-0.15, -0.1) is 0 Å². The summed E-state index contributed by atoms with van der Waals surface area (Å²) in [6.07, 6.45) is 0. The fourth-order valence-corrected chi connectivity index (χ4v) is 0.836. The molecule has 12 heavy (non-hydrogen) atoms. The fraction of sp³-hybridized carbons (Fsp3) is 0.125. The Hall–Kier alpha value is -1.58. The fourth-order valence-electron chi connectivity index (χ4n) is 0.836. The summed E-state index contributed by atoms with van der Waals surface area (Å²) in [5.74, 6) is -0.798. The topological polar surface area (TPSA) is 55.1 Å². The molecule has 0 saturated heterocycles. The largest absolute Gasteiger partial charge is 0.395 e. The number of carbonyl (C=O) groups is 1. The molecule has 1 amide bonds. The average molecular weight is 168 g/mol. The first kappa shape index (κ1) is 8.52.